The van der Waals surface area contributed by atoms with Gasteiger partial charge in [-0.3, -0.25) is 9.36 Å². The van der Waals surface area contributed by atoms with Crippen molar-refractivity contribution in [2.24, 2.45) is 54.1 Å². The van der Waals surface area contributed by atoms with E-state index in [2.05, 4.69) is 530 Å². The number of nitrogens with zero attached hydrogens (tertiary/aromatic N) is 11. The van der Waals surface area contributed by atoms with E-state index in [9.17, 15) is 0 Å². The zero-order valence-electron chi connectivity index (χ0n) is 109. The van der Waals surface area contributed by atoms with Crippen molar-refractivity contribution in [3.05, 3.63) is 195 Å². The molecule has 0 aliphatic rings. The van der Waals surface area contributed by atoms with Crippen LogP contribution in [0.15, 0.2) is 127 Å². The minimum absolute atomic E-state index is 0.0139. The first-order valence-electron chi connectivity index (χ1n) is 57.1. The normalized spacial score (nSPS) is 13.2. The van der Waals surface area contributed by atoms with Gasteiger partial charge in [0.05, 0.1) is 52.8 Å². The molecular weight excluding hydrogens is 1860 g/mol. The molecular formula is C133H237N11O5S. The highest BCUT2D eigenvalue weighted by Gasteiger charge is 2.30. The third kappa shape index (κ3) is 66.9. The number of furan rings is 2. The number of rotatable bonds is 20. The quantitative estimate of drug-likeness (QED) is 0.0707. The molecule has 0 spiro atoms. The Bertz CT molecular complexity index is 4210. The van der Waals surface area contributed by atoms with Crippen molar-refractivity contribution in [3.8, 4) is 0 Å². The van der Waals surface area contributed by atoms with Crippen LogP contribution in [-0.4, -0.2) is 53.6 Å². The molecule has 10 aromatic rings. The maximum Gasteiger partial charge on any atom is 0.199 e. The van der Waals surface area contributed by atoms with Crippen LogP contribution >= 0.6 is 11.3 Å². The highest BCUT2D eigenvalue weighted by Crippen LogP contribution is 2.37. The maximum atomic E-state index is 5.84. The molecule has 17 heteroatoms. The fourth-order valence-electron chi connectivity index (χ4n) is 13.3. The molecule has 0 fully saturated rings. The van der Waals surface area contributed by atoms with Crippen LogP contribution in [0.25, 0.3) is 0 Å². The third-order valence-corrected chi connectivity index (χ3v) is 26.4. The first kappa shape index (κ1) is 141. The van der Waals surface area contributed by atoms with Gasteiger partial charge in [-0.25, -0.2) is 24.9 Å². The summed E-state index contributed by atoms with van der Waals surface area (Å²) in [6.07, 6.45) is 42.1. The van der Waals surface area contributed by atoms with E-state index in [1.54, 1.807) is 12.5 Å². The summed E-state index contributed by atoms with van der Waals surface area (Å²) in [4.78, 5) is 23.7. The standard InChI is InChI=1S/C14H25N.2C14H24O.3C13H24N2.3C13H23NO.C13H23NS/c1-13(2,3)8-10-15-9-7-12(11-15)14(4,5)6;1-13(2,3)8-7-11-9-12(15-10-11)14(4,5)6;1-13(2,3)10-9-11-7-8-12(15-11)14(4,5)6;1-12(2,3)8-10-15-9-7-11(14-15)13(4,5)6;1-12(2,3)7-8-15-9-11(14-10-15)13(4,5)6;1-12(2,3)7-8-15-10-11(9-14-15)13(4,5)6;1-12(2,3)8-7-11-14-10(9-15-11)13(4,5)6;1-12(2,3)8-7-11-14-9-10(15-11)13(4,5)6;1-12(2,3)8-7-10-9-15-11(14-10)13(4,5)6;1-12(2,3)8-7-11-14-9-10(15-11)13(4,5)6/h7,9,11H,8,10H2,1-6H3;9-10H,7-8H2,1-6H3;7-8H,9-10H2,1-6H3;7,9H,8,10H2,1-6H3;2*9-10H,7-8H2,1-6H3;4*9H,7-8H2,1-6H3. The van der Waals surface area contributed by atoms with E-state index in [1.807, 2.05) is 42.5 Å². The van der Waals surface area contributed by atoms with Gasteiger partial charge in [0.1, 0.15) is 35.6 Å². The van der Waals surface area contributed by atoms with Crippen LogP contribution in [0.4, 0.5) is 0 Å². The SMILES string of the molecule is CC(C)(C)CCc1ccc(C(C)(C)C)o1.CC(C)(C)CCc1coc(C(C)(C)C)c1.CC(C)(C)CCc1coc(C(C)(C)C)n1.CC(C)(C)CCc1nc(C(C)(C)C)co1.CC(C)(C)CCc1ncc(C(C)(C)C)o1.CC(C)(C)CCc1ncc(C(C)(C)C)s1.CC(C)(C)CCn1cc(C(C)(C)C)cn1.CC(C)(C)CCn1ccc(C(C)(C)C)c1.CC(C)(C)CCn1ccc(C(C)(C)C)n1.CC(C)(C)CCn1cnc(C(C)(C)C)c1. The molecule has 0 bridgehead atoms. The number of aryl methyl sites for hydroxylation is 10. The largest absolute Gasteiger partial charge is 0.469 e. The van der Waals surface area contributed by atoms with Gasteiger partial charge in [0.2, 0.25) is 0 Å². The predicted octanol–water partition coefficient (Wildman–Crippen LogP) is 40.5. The van der Waals surface area contributed by atoms with Crippen molar-refractivity contribution < 1.29 is 22.1 Å². The number of aromatic nitrogens is 11. The van der Waals surface area contributed by atoms with Crippen molar-refractivity contribution in [1.82, 2.24) is 53.6 Å². The highest BCUT2D eigenvalue weighted by atomic mass is 32.1. The third-order valence-electron chi connectivity index (χ3n) is 24.9. The Hall–Kier alpha value is -7.27. The predicted molar refractivity (Wildman–Crippen MR) is 650 cm³/mol. The second kappa shape index (κ2) is 56.6. The number of thiazole rings is 1. The molecule has 0 aliphatic heterocycles. The molecule has 0 saturated heterocycles. The van der Waals surface area contributed by atoms with E-state index in [-0.39, 0.29) is 54.1 Å². The van der Waals surface area contributed by atoms with Gasteiger partial charge in [-0.1, -0.05) is 415 Å². The monoisotopic (exact) mass is 2100 g/mol. The first-order valence-corrected chi connectivity index (χ1v) is 57.9. The molecule has 10 rings (SSSR count). The number of imidazole rings is 1. The van der Waals surface area contributed by atoms with Gasteiger partial charge >= 0.3 is 0 Å². The molecule has 10 heterocycles. The molecule has 0 amide bonds. The van der Waals surface area contributed by atoms with E-state index in [0.717, 1.165) is 149 Å². The average molecular weight is 2100 g/mol. The Balaban J connectivity index is 0.000000833. The lowest BCUT2D eigenvalue weighted by molar-refractivity contribution is 0.335. The van der Waals surface area contributed by atoms with Crippen molar-refractivity contribution in [2.45, 2.75) is 598 Å². The smallest absolute Gasteiger partial charge is 0.199 e. The summed E-state index contributed by atoms with van der Waals surface area (Å²) < 4.78 is 36.8. The minimum atomic E-state index is 0.0139. The Morgan fingerprint density at radius 2 is 0.707 bits per heavy atom. The summed E-state index contributed by atoms with van der Waals surface area (Å²) in [5.74, 6) is 6.86. The number of hydrogen-bond acceptors (Lipinski definition) is 13. The van der Waals surface area contributed by atoms with Crippen LogP contribution in [0.5, 0.6) is 0 Å². The molecule has 0 aromatic carbocycles. The number of hydrogen-bond donors (Lipinski definition) is 0. The maximum absolute atomic E-state index is 5.84. The molecule has 0 aliphatic carbocycles. The van der Waals surface area contributed by atoms with Crippen LogP contribution < -0.4 is 0 Å². The fourth-order valence-corrected chi connectivity index (χ4v) is 14.3. The molecule has 0 radical (unpaired) electrons. The van der Waals surface area contributed by atoms with Crippen LogP contribution in [0.2, 0.25) is 0 Å². The molecule has 16 nitrogen and oxygen atoms in total. The zero-order valence-corrected chi connectivity index (χ0v) is 110. The zero-order chi connectivity index (χ0) is 117. The summed E-state index contributed by atoms with van der Waals surface area (Å²) in [6, 6.07) is 10.8. The molecule has 10 aromatic heterocycles. The Labute approximate surface area is 928 Å². The molecule has 150 heavy (non-hydrogen) atoms. The summed E-state index contributed by atoms with van der Waals surface area (Å²) >= 11 is 1.87. The van der Waals surface area contributed by atoms with E-state index in [0.29, 0.717) is 54.1 Å². The van der Waals surface area contributed by atoms with Gasteiger partial charge in [-0.15, -0.1) is 11.3 Å². The molecule has 0 atom stereocenters. The van der Waals surface area contributed by atoms with Crippen molar-refractivity contribution in [2.75, 3.05) is 0 Å². The van der Waals surface area contributed by atoms with Crippen LogP contribution in [0.3, 0.4) is 0 Å². The summed E-state index contributed by atoms with van der Waals surface area (Å²) in [7, 11) is 0. The topological polar surface area (TPSA) is 176 Å². The van der Waals surface area contributed by atoms with Crippen molar-refractivity contribution >= 4 is 11.3 Å². The summed E-state index contributed by atoms with van der Waals surface area (Å²) in [5.41, 5.74) is 13.8. The van der Waals surface area contributed by atoms with Crippen LogP contribution in [-0.2, 0) is 119 Å². The summed E-state index contributed by atoms with van der Waals surface area (Å²) in [6.45, 7) is 138. The van der Waals surface area contributed by atoms with Crippen LogP contribution in [0.1, 0.15) is 570 Å². The lowest BCUT2D eigenvalue weighted by Crippen LogP contribution is -2.14. The van der Waals surface area contributed by atoms with E-state index >= 15 is 0 Å². The lowest BCUT2D eigenvalue weighted by Gasteiger charge is -2.19. The molecule has 0 unspecified atom stereocenters. The van der Waals surface area contributed by atoms with E-state index in [4.69, 9.17) is 22.1 Å². The molecule has 860 valence electrons. The van der Waals surface area contributed by atoms with Crippen LogP contribution in [0, 0.1) is 54.1 Å². The molecule has 0 saturated carbocycles. The Morgan fingerprint density at radius 1 is 0.273 bits per heavy atom. The van der Waals surface area contributed by atoms with E-state index in [1.165, 1.54) is 70.1 Å². The van der Waals surface area contributed by atoms with Gasteiger partial charge in [0, 0.05) is 125 Å². The number of oxazole rings is 3. The van der Waals surface area contributed by atoms with Gasteiger partial charge in [-0.2, -0.15) is 10.2 Å². The van der Waals surface area contributed by atoms with Gasteiger partial charge in [0.25, 0.3) is 0 Å². The van der Waals surface area contributed by atoms with Crippen molar-refractivity contribution in [3.63, 3.8) is 0 Å². The lowest BCUT2D eigenvalue weighted by atomic mass is 9.88. The van der Waals surface area contributed by atoms with Crippen molar-refractivity contribution in [1.29, 1.82) is 0 Å². The highest BCUT2D eigenvalue weighted by molar-refractivity contribution is 7.11. The average Bonchev–Trinajstić information content (AvgIpc) is 1.77. The second-order valence-electron chi connectivity index (χ2n) is 65.3. The van der Waals surface area contributed by atoms with E-state index < -0.39 is 0 Å². The van der Waals surface area contributed by atoms with Gasteiger partial charge < -0.3 is 31.2 Å². The summed E-state index contributed by atoms with van der Waals surface area (Å²) in [5, 5.41) is 10.3. The Kier molecular flexibility index (Phi) is 53.1. The minimum Gasteiger partial charge on any atom is -0.469 e. The van der Waals surface area contributed by atoms with Gasteiger partial charge in [0.15, 0.2) is 17.7 Å². The first-order chi connectivity index (χ1) is 66.8. The molecule has 0 N–H and O–H groups in total. The Morgan fingerprint density at radius 3 is 1.09 bits per heavy atom. The van der Waals surface area contributed by atoms with Gasteiger partial charge in [-0.05, 0) is 201 Å². The second-order valence-corrected chi connectivity index (χ2v) is 66.4. The fraction of sp³-hybridized carbons (Fsp3) is 0.752.